The lowest BCUT2D eigenvalue weighted by atomic mass is 9.96. The Balaban J connectivity index is 1.89. The third kappa shape index (κ3) is 4.97. The van der Waals surface area contributed by atoms with Gasteiger partial charge in [0.25, 0.3) is 0 Å². The summed E-state index contributed by atoms with van der Waals surface area (Å²) in [6.07, 6.45) is 1.08. The molecule has 1 atom stereocenters. The van der Waals surface area contributed by atoms with Crippen molar-refractivity contribution in [3.8, 4) is 0 Å². The van der Waals surface area contributed by atoms with E-state index >= 15 is 0 Å². The van der Waals surface area contributed by atoms with Crippen LogP contribution in [0, 0.1) is 13.8 Å². The number of nitrogens with one attached hydrogen (secondary N) is 1. The van der Waals surface area contributed by atoms with Crippen LogP contribution in [0.5, 0.6) is 0 Å². The van der Waals surface area contributed by atoms with Crippen LogP contribution in [0.15, 0.2) is 48.5 Å². The Hall–Kier alpha value is -1.10. The second-order valence-electron chi connectivity index (χ2n) is 5.73. The Morgan fingerprint density at radius 3 is 2.41 bits per heavy atom. The fourth-order valence-corrected chi connectivity index (χ4v) is 3.26. The predicted octanol–water partition coefficient (Wildman–Crippen LogP) is 5.30. The van der Waals surface area contributed by atoms with Gasteiger partial charge in [-0.3, -0.25) is 0 Å². The third-order valence-corrected chi connectivity index (χ3v) is 4.75. The molecular formula is C18H24N2S2. The van der Waals surface area contributed by atoms with Gasteiger partial charge in [-0.1, -0.05) is 60.5 Å². The molecule has 2 aromatic carbocycles. The first kappa shape index (κ1) is 17.3. The molecule has 1 unspecified atom stereocenters. The fraction of sp³-hybridized carbons (Fsp3) is 0.333. The summed E-state index contributed by atoms with van der Waals surface area (Å²) in [6.45, 7) is 7.44. The summed E-state index contributed by atoms with van der Waals surface area (Å²) in [4.78, 5) is 0. The zero-order valence-electron chi connectivity index (χ0n) is 13.4. The molecule has 0 radical (unpaired) electrons. The largest absolute Gasteiger partial charge is 0.240 e. The first-order valence-corrected chi connectivity index (χ1v) is 9.41. The van der Waals surface area contributed by atoms with E-state index in [4.69, 9.17) is 0 Å². The van der Waals surface area contributed by atoms with Crippen LogP contribution in [0.2, 0.25) is 0 Å². The van der Waals surface area contributed by atoms with Crippen molar-refractivity contribution in [2.45, 2.75) is 33.1 Å². The molecule has 0 aliphatic heterocycles. The van der Waals surface area contributed by atoms with Crippen molar-refractivity contribution in [2.24, 2.45) is 0 Å². The van der Waals surface area contributed by atoms with Crippen LogP contribution < -0.4 is 9.84 Å². The van der Waals surface area contributed by atoms with Gasteiger partial charge in [0.1, 0.15) is 0 Å². The molecule has 2 aromatic rings. The van der Waals surface area contributed by atoms with Gasteiger partial charge in [0, 0.05) is 17.5 Å². The first-order chi connectivity index (χ1) is 10.6. The average Bonchev–Trinajstić information content (AvgIpc) is 2.51. The van der Waals surface area contributed by atoms with Crippen LogP contribution in [0.3, 0.4) is 0 Å². The van der Waals surface area contributed by atoms with Crippen molar-refractivity contribution in [2.75, 3.05) is 11.0 Å². The molecule has 4 heteroatoms. The van der Waals surface area contributed by atoms with Crippen molar-refractivity contribution >= 4 is 28.3 Å². The fourth-order valence-electron chi connectivity index (χ4n) is 2.45. The normalized spacial score (nSPS) is 12.2. The number of benzene rings is 2. The second-order valence-corrected chi connectivity index (χ2v) is 6.75. The highest BCUT2D eigenvalue weighted by Gasteiger charge is 2.08. The van der Waals surface area contributed by atoms with E-state index in [9.17, 15) is 0 Å². The molecule has 0 bridgehead atoms. The molecule has 0 heterocycles. The summed E-state index contributed by atoms with van der Waals surface area (Å²) in [5, 5.41) is 0. The molecule has 0 saturated carbocycles. The van der Waals surface area contributed by atoms with Crippen molar-refractivity contribution in [1.82, 2.24) is 5.43 Å². The highest BCUT2D eigenvalue weighted by Crippen LogP contribution is 2.24. The van der Waals surface area contributed by atoms with Gasteiger partial charge in [0.15, 0.2) is 0 Å². The van der Waals surface area contributed by atoms with E-state index in [0.29, 0.717) is 5.92 Å². The molecule has 0 amide bonds. The molecule has 0 spiro atoms. The number of hydrogen-bond acceptors (Lipinski definition) is 4. The Morgan fingerprint density at radius 2 is 1.77 bits per heavy atom. The molecule has 22 heavy (non-hydrogen) atoms. The van der Waals surface area contributed by atoms with E-state index in [1.165, 1.54) is 27.7 Å². The Morgan fingerprint density at radius 1 is 1.09 bits per heavy atom. The molecule has 2 nitrogen and oxygen atoms in total. The van der Waals surface area contributed by atoms with E-state index in [-0.39, 0.29) is 0 Å². The Labute approximate surface area is 143 Å². The first-order valence-electron chi connectivity index (χ1n) is 7.58. The molecule has 1 N–H and O–H groups in total. The molecule has 0 aliphatic rings. The summed E-state index contributed by atoms with van der Waals surface area (Å²) in [6, 6.07) is 17.2. The van der Waals surface area contributed by atoms with Gasteiger partial charge in [0.05, 0.1) is 5.69 Å². The van der Waals surface area contributed by atoms with Gasteiger partial charge in [-0.05, 0) is 49.4 Å². The smallest absolute Gasteiger partial charge is 0.0659 e. The Kier molecular flexibility index (Phi) is 6.68. The minimum atomic E-state index is 0.539. The zero-order chi connectivity index (χ0) is 15.9. The third-order valence-electron chi connectivity index (χ3n) is 3.76. The van der Waals surface area contributed by atoms with Crippen molar-refractivity contribution < 1.29 is 0 Å². The van der Waals surface area contributed by atoms with Gasteiger partial charge in [-0.2, -0.15) is 0 Å². The average molecular weight is 333 g/mol. The van der Waals surface area contributed by atoms with Gasteiger partial charge in [-0.15, -0.1) is 0 Å². The van der Waals surface area contributed by atoms with E-state index in [2.05, 4.69) is 86.4 Å². The number of hydrazine groups is 1. The van der Waals surface area contributed by atoms with E-state index in [0.717, 1.165) is 18.7 Å². The Bertz CT molecular complexity index is 601. The standard InChI is InChI=1S/C18H24N2S2/c1-14-6-4-8-17(12-14)16(3)10-11-19-20(22-21)18-9-5-7-15(2)13-18/h4-9,12-13,16,19,21H,10-11H2,1-3H3. The SMILES string of the molecule is Cc1cccc(C(C)CCNN(SS)c2cccc(C)c2)c1. The molecule has 0 fully saturated rings. The quantitative estimate of drug-likeness (QED) is 0.310. The van der Waals surface area contributed by atoms with Crippen LogP contribution >= 0.6 is 22.6 Å². The molecule has 2 rings (SSSR count). The van der Waals surface area contributed by atoms with Gasteiger partial charge >= 0.3 is 0 Å². The number of rotatable bonds is 7. The highest BCUT2D eigenvalue weighted by atomic mass is 33.1. The van der Waals surface area contributed by atoms with Crippen molar-refractivity contribution in [1.29, 1.82) is 0 Å². The molecular weight excluding hydrogens is 308 g/mol. The van der Waals surface area contributed by atoms with Crippen molar-refractivity contribution in [3.05, 3.63) is 65.2 Å². The lowest BCUT2D eigenvalue weighted by molar-refractivity contribution is 0.616. The maximum absolute atomic E-state index is 4.35. The summed E-state index contributed by atoms with van der Waals surface area (Å²) >= 11 is 4.35. The van der Waals surface area contributed by atoms with Crippen LogP contribution in [0.4, 0.5) is 5.69 Å². The van der Waals surface area contributed by atoms with E-state index < -0.39 is 0 Å². The van der Waals surface area contributed by atoms with E-state index in [1.807, 2.05) is 4.41 Å². The highest BCUT2D eigenvalue weighted by molar-refractivity contribution is 8.69. The summed E-state index contributed by atoms with van der Waals surface area (Å²) < 4.78 is 2.01. The lowest BCUT2D eigenvalue weighted by Crippen LogP contribution is -2.32. The number of anilines is 1. The molecule has 0 saturated heterocycles. The predicted molar refractivity (Wildman–Crippen MR) is 102 cm³/mol. The number of thiol groups is 1. The topological polar surface area (TPSA) is 15.3 Å². The second kappa shape index (κ2) is 8.51. The number of aryl methyl sites for hydroxylation is 2. The number of hydrogen-bond donors (Lipinski definition) is 2. The van der Waals surface area contributed by atoms with Crippen LogP contribution in [-0.2, 0) is 0 Å². The maximum Gasteiger partial charge on any atom is 0.0659 e. The summed E-state index contributed by atoms with van der Waals surface area (Å²) in [5.74, 6) is 0.539. The van der Waals surface area contributed by atoms with Gasteiger partial charge in [-0.25, -0.2) is 9.84 Å². The minimum Gasteiger partial charge on any atom is -0.240 e. The molecule has 0 aromatic heterocycles. The number of nitrogens with zero attached hydrogens (tertiary/aromatic N) is 1. The van der Waals surface area contributed by atoms with Crippen LogP contribution in [0.1, 0.15) is 36.0 Å². The van der Waals surface area contributed by atoms with Crippen LogP contribution in [-0.4, -0.2) is 6.54 Å². The van der Waals surface area contributed by atoms with E-state index in [1.54, 1.807) is 0 Å². The van der Waals surface area contributed by atoms with Gasteiger partial charge < -0.3 is 0 Å². The van der Waals surface area contributed by atoms with Crippen molar-refractivity contribution in [3.63, 3.8) is 0 Å². The summed E-state index contributed by atoms with van der Waals surface area (Å²) in [7, 11) is 1.40. The minimum absolute atomic E-state index is 0.539. The molecule has 118 valence electrons. The van der Waals surface area contributed by atoms with Gasteiger partial charge in [0.2, 0.25) is 0 Å². The van der Waals surface area contributed by atoms with Crippen LogP contribution in [0.25, 0.3) is 0 Å². The monoisotopic (exact) mass is 332 g/mol. The zero-order valence-corrected chi connectivity index (χ0v) is 15.1. The molecule has 0 aliphatic carbocycles. The lowest BCUT2D eigenvalue weighted by Gasteiger charge is -2.23. The summed E-state index contributed by atoms with van der Waals surface area (Å²) in [5.41, 5.74) is 8.55. The maximum atomic E-state index is 4.35.